The smallest absolute Gasteiger partial charge is 0.379 e. The van der Waals surface area contributed by atoms with Gasteiger partial charge in [-0.05, 0) is 41.7 Å². The van der Waals surface area contributed by atoms with Gasteiger partial charge in [0.25, 0.3) is 5.91 Å². The molecule has 13 heteroatoms. The molecule has 0 spiro atoms. The number of hydrogen-bond acceptors (Lipinski definition) is 6. The zero-order chi connectivity index (χ0) is 32.3. The number of Topliss-reactive ketones (excluding diaryl/α,β-unsaturated/α-hetero) is 1. The van der Waals surface area contributed by atoms with Crippen molar-refractivity contribution >= 4 is 46.7 Å². The highest BCUT2D eigenvalue weighted by molar-refractivity contribution is 6.34. The number of nitrogens with one attached hydrogen (secondary N) is 3. The second-order valence-electron chi connectivity index (χ2n) is 11.0. The summed E-state index contributed by atoms with van der Waals surface area (Å²) in [6, 6.07) is 10.8. The SMILES string of the molecule is CC(C)[C@H](NC(=O)[C@H](Cc1ccccc1)NC(=O)CCc1cc(Cl)cc(Cl)c1)C(=O)C(F)(F)C(=O)NCCN1CCOCC1. The highest BCUT2D eigenvalue weighted by Crippen LogP contribution is 2.22. The van der Waals surface area contributed by atoms with E-state index in [-0.39, 0.29) is 25.8 Å². The first-order valence-electron chi connectivity index (χ1n) is 14.5. The lowest BCUT2D eigenvalue weighted by Crippen LogP contribution is -2.59. The van der Waals surface area contributed by atoms with Gasteiger partial charge in [-0.1, -0.05) is 67.4 Å². The Morgan fingerprint density at radius 1 is 0.955 bits per heavy atom. The number of benzene rings is 2. The molecule has 2 aromatic carbocycles. The number of ether oxygens (including phenoxy) is 1. The van der Waals surface area contributed by atoms with Crippen LogP contribution >= 0.6 is 23.2 Å². The molecule has 0 radical (unpaired) electrons. The molecule has 1 aliphatic rings. The molecular weight excluding hydrogens is 617 g/mol. The number of amides is 3. The third-order valence-electron chi connectivity index (χ3n) is 7.16. The fourth-order valence-electron chi connectivity index (χ4n) is 4.70. The lowest BCUT2D eigenvalue weighted by molar-refractivity contribution is -0.161. The van der Waals surface area contributed by atoms with Crippen LogP contribution in [0.1, 0.15) is 31.4 Å². The van der Waals surface area contributed by atoms with Crippen molar-refractivity contribution in [3.8, 4) is 0 Å². The van der Waals surface area contributed by atoms with E-state index in [0.717, 1.165) is 5.56 Å². The van der Waals surface area contributed by atoms with Crippen LogP contribution in [0.4, 0.5) is 8.78 Å². The molecule has 240 valence electrons. The van der Waals surface area contributed by atoms with E-state index in [1.54, 1.807) is 48.5 Å². The zero-order valence-corrected chi connectivity index (χ0v) is 26.2. The van der Waals surface area contributed by atoms with E-state index in [4.69, 9.17) is 27.9 Å². The van der Waals surface area contributed by atoms with Gasteiger partial charge < -0.3 is 20.7 Å². The van der Waals surface area contributed by atoms with Crippen LogP contribution < -0.4 is 16.0 Å². The minimum Gasteiger partial charge on any atom is -0.379 e. The van der Waals surface area contributed by atoms with Gasteiger partial charge in [-0.15, -0.1) is 0 Å². The van der Waals surface area contributed by atoms with Crippen molar-refractivity contribution in [1.29, 1.82) is 0 Å². The lowest BCUT2D eigenvalue weighted by Gasteiger charge is -2.28. The molecule has 1 saturated heterocycles. The lowest BCUT2D eigenvalue weighted by atomic mass is 9.94. The van der Waals surface area contributed by atoms with E-state index >= 15 is 8.78 Å². The number of nitrogens with zero attached hydrogens (tertiary/aromatic N) is 1. The maximum atomic E-state index is 15.1. The minimum atomic E-state index is -4.39. The van der Waals surface area contributed by atoms with Crippen LogP contribution in [-0.4, -0.2) is 85.8 Å². The number of carbonyl (C=O) groups is 4. The summed E-state index contributed by atoms with van der Waals surface area (Å²) in [5, 5.41) is 8.01. The average Bonchev–Trinajstić information content (AvgIpc) is 2.98. The van der Waals surface area contributed by atoms with E-state index in [2.05, 4.69) is 16.0 Å². The number of hydrogen-bond donors (Lipinski definition) is 3. The minimum absolute atomic E-state index is 0.00945. The van der Waals surface area contributed by atoms with Gasteiger partial charge in [0.05, 0.1) is 19.3 Å². The van der Waals surface area contributed by atoms with Gasteiger partial charge in [0.15, 0.2) is 0 Å². The molecule has 0 aromatic heterocycles. The van der Waals surface area contributed by atoms with E-state index in [1.807, 2.05) is 4.90 Å². The van der Waals surface area contributed by atoms with Crippen molar-refractivity contribution in [2.24, 2.45) is 5.92 Å². The third-order valence-corrected chi connectivity index (χ3v) is 7.59. The topological polar surface area (TPSA) is 117 Å². The summed E-state index contributed by atoms with van der Waals surface area (Å²) in [7, 11) is 0. The summed E-state index contributed by atoms with van der Waals surface area (Å²) < 4.78 is 35.4. The Morgan fingerprint density at radius 3 is 2.20 bits per heavy atom. The molecule has 3 amide bonds. The van der Waals surface area contributed by atoms with E-state index in [0.29, 0.717) is 48.5 Å². The molecule has 9 nitrogen and oxygen atoms in total. The Labute approximate surface area is 266 Å². The largest absolute Gasteiger partial charge is 0.383 e. The Balaban J connectivity index is 1.67. The fraction of sp³-hybridized carbons (Fsp3) is 0.484. The number of halogens is 4. The van der Waals surface area contributed by atoms with Crippen LogP contribution in [0, 0.1) is 5.92 Å². The van der Waals surface area contributed by atoms with Crippen molar-refractivity contribution in [1.82, 2.24) is 20.9 Å². The maximum Gasteiger partial charge on any atom is 0.383 e. The normalized spacial score (nSPS) is 15.3. The van der Waals surface area contributed by atoms with Gasteiger partial charge >= 0.3 is 5.92 Å². The molecule has 1 heterocycles. The molecule has 0 unspecified atom stereocenters. The monoisotopic (exact) mass is 654 g/mol. The van der Waals surface area contributed by atoms with Crippen LogP contribution in [0.3, 0.4) is 0 Å². The number of alkyl halides is 2. The molecule has 44 heavy (non-hydrogen) atoms. The van der Waals surface area contributed by atoms with Gasteiger partial charge in [-0.2, -0.15) is 8.78 Å². The molecule has 2 aromatic rings. The first kappa shape index (κ1) is 35.4. The summed E-state index contributed by atoms with van der Waals surface area (Å²) in [4.78, 5) is 53.7. The van der Waals surface area contributed by atoms with Crippen LogP contribution in [0.5, 0.6) is 0 Å². The summed E-state index contributed by atoms with van der Waals surface area (Å²) in [5.74, 6) is -9.93. The number of ketones is 1. The van der Waals surface area contributed by atoms with E-state index in [9.17, 15) is 19.2 Å². The molecule has 1 aliphatic heterocycles. The van der Waals surface area contributed by atoms with Crippen LogP contribution in [0.15, 0.2) is 48.5 Å². The van der Waals surface area contributed by atoms with Crippen molar-refractivity contribution in [2.75, 3.05) is 39.4 Å². The molecule has 3 N–H and O–H groups in total. The number of rotatable bonds is 15. The molecule has 1 fully saturated rings. The Bertz CT molecular complexity index is 1270. The van der Waals surface area contributed by atoms with Crippen molar-refractivity contribution in [3.63, 3.8) is 0 Å². The zero-order valence-electron chi connectivity index (χ0n) is 24.7. The van der Waals surface area contributed by atoms with Gasteiger partial charge in [0.1, 0.15) is 6.04 Å². The van der Waals surface area contributed by atoms with Gasteiger partial charge in [0.2, 0.25) is 17.6 Å². The number of carbonyl (C=O) groups excluding carboxylic acids is 4. The quantitative estimate of drug-likeness (QED) is 0.253. The highest BCUT2D eigenvalue weighted by atomic mass is 35.5. The van der Waals surface area contributed by atoms with Crippen LogP contribution in [-0.2, 0) is 36.8 Å². The Hall–Kier alpha value is -3.12. The predicted molar refractivity (Wildman–Crippen MR) is 164 cm³/mol. The summed E-state index contributed by atoms with van der Waals surface area (Å²) >= 11 is 12.1. The first-order valence-corrected chi connectivity index (χ1v) is 15.2. The van der Waals surface area contributed by atoms with Crippen molar-refractivity contribution in [2.45, 2.75) is 51.1 Å². The first-order chi connectivity index (χ1) is 20.9. The molecule has 2 atom stereocenters. The van der Waals surface area contributed by atoms with E-state index in [1.165, 1.54) is 13.8 Å². The van der Waals surface area contributed by atoms with E-state index < -0.39 is 47.4 Å². The summed E-state index contributed by atoms with van der Waals surface area (Å²) in [6.07, 6.45) is 0.315. The van der Waals surface area contributed by atoms with Gasteiger partial charge in [0, 0.05) is 49.1 Å². The second kappa shape index (κ2) is 16.8. The predicted octanol–water partition coefficient (Wildman–Crippen LogP) is 3.45. The highest BCUT2D eigenvalue weighted by Gasteiger charge is 2.51. The second-order valence-corrected chi connectivity index (χ2v) is 11.8. The van der Waals surface area contributed by atoms with Crippen LogP contribution in [0.25, 0.3) is 0 Å². The Kier molecular flexibility index (Phi) is 13.5. The molecule has 0 aliphatic carbocycles. The molecule has 3 rings (SSSR count). The van der Waals surface area contributed by atoms with Crippen LogP contribution in [0.2, 0.25) is 10.0 Å². The Morgan fingerprint density at radius 2 is 1.59 bits per heavy atom. The van der Waals surface area contributed by atoms with Crippen molar-refractivity contribution < 1.29 is 32.7 Å². The standard InChI is InChI=1S/C31H38Cl2F2N4O5/c1-20(2)27(28(41)31(34,35)30(43)36-10-11-39-12-14-44-15-13-39)38-29(42)25(18-21-6-4-3-5-7-21)37-26(40)9-8-22-16-23(32)19-24(33)17-22/h3-7,16-17,19-20,25,27H,8-15,18H2,1-2H3,(H,36,43)(H,37,40)(H,38,42)/t25-,27-/m0/s1. The summed E-state index contributed by atoms with van der Waals surface area (Å²) in [6.45, 7) is 5.47. The van der Waals surface area contributed by atoms with Crippen molar-refractivity contribution in [3.05, 3.63) is 69.7 Å². The number of aryl methyl sites for hydroxylation is 1. The number of morpholine rings is 1. The fourth-order valence-corrected chi connectivity index (χ4v) is 5.27. The average molecular weight is 656 g/mol. The maximum absolute atomic E-state index is 15.1. The van der Waals surface area contributed by atoms with Gasteiger partial charge in [-0.3, -0.25) is 24.1 Å². The molecular formula is C31H38Cl2F2N4O5. The third kappa shape index (κ3) is 10.8. The molecule has 0 saturated carbocycles. The summed E-state index contributed by atoms with van der Waals surface area (Å²) in [5.41, 5.74) is 1.42. The molecule has 0 bridgehead atoms. The van der Waals surface area contributed by atoms with Gasteiger partial charge in [-0.25, -0.2) is 0 Å².